The standard InChI is InChI=1S/C13H16O2/c1-10-8-11(2)12(6-4-5-7-14)13(9-10)15-3/h8-9,14H,5,7H2,1-3H3. The third-order valence-corrected chi connectivity index (χ3v) is 2.11. The highest BCUT2D eigenvalue weighted by molar-refractivity contribution is 5.52. The first-order chi connectivity index (χ1) is 7.19. The highest BCUT2D eigenvalue weighted by atomic mass is 16.5. The molecule has 0 saturated carbocycles. The van der Waals surface area contributed by atoms with Crippen LogP contribution in [0.4, 0.5) is 0 Å². The Kier molecular flexibility index (Phi) is 4.20. The van der Waals surface area contributed by atoms with Crippen LogP contribution in [0.5, 0.6) is 5.75 Å². The van der Waals surface area contributed by atoms with Crippen LogP contribution in [0.3, 0.4) is 0 Å². The van der Waals surface area contributed by atoms with E-state index in [1.54, 1.807) is 7.11 Å². The molecule has 0 bridgehead atoms. The molecule has 0 aliphatic heterocycles. The second-order valence-corrected chi connectivity index (χ2v) is 3.43. The van der Waals surface area contributed by atoms with E-state index in [-0.39, 0.29) is 6.61 Å². The molecule has 0 heterocycles. The van der Waals surface area contributed by atoms with Crippen molar-refractivity contribution in [2.45, 2.75) is 20.3 Å². The summed E-state index contributed by atoms with van der Waals surface area (Å²) in [5.41, 5.74) is 3.19. The van der Waals surface area contributed by atoms with Crippen molar-refractivity contribution in [1.29, 1.82) is 0 Å². The molecule has 80 valence electrons. The van der Waals surface area contributed by atoms with Crippen molar-refractivity contribution in [3.63, 3.8) is 0 Å². The van der Waals surface area contributed by atoms with Gasteiger partial charge in [0.05, 0.1) is 19.3 Å². The van der Waals surface area contributed by atoms with Crippen LogP contribution in [-0.2, 0) is 0 Å². The van der Waals surface area contributed by atoms with Crippen LogP contribution in [0.25, 0.3) is 0 Å². The summed E-state index contributed by atoms with van der Waals surface area (Å²) in [6, 6.07) is 4.04. The summed E-state index contributed by atoms with van der Waals surface area (Å²) >= 11 is 0. The van der Waals surface area contributed by atoms with Crippen molar-refractivity contribution in [2.75, 3.05) is 13.7 Å². The molecule has 0 atom stereocenters. The predicted octanol–water partition coefficient (Wildman–Crippen LogP) is 2.05. The lowest BCUT2D eigenvalue weighted by molar-refractivity contribution is 0.305. The van der Waals surface area contributed by atoms with Crippen molar-refractivity contribution >= 4 is 0 Å². The van der Waals surface area contributed by atoms with Crippen molar-refractivity contribution in [3.8, 4) is 17.6 Å². The van der Waals surface area contributed by atoms with Crippen LogP contribution in [0.15, 0.2) is 12.1 Å². The first kappa shape index (κ1) is 11.6. The lowest BCUT2D eigenvalue weighted by Gasteiger charge is -2.07. The van der Waals surface area contributed by atoms with Crippen molar-refractivity contribution in [3.05, 3.63) is 28.8 Å². The Bertz CT molecular complexity index is 397. The zero-order valence-electron chi connectivity index (χ0n) is 9.42. The van der Waals surface area contributed by atoms with Gasteiger partial charge in [0.1, 0.15) is 5.75 Å². The van der Waals surface area contributed by atoms with E-state index in [4.69, 9.17) is 9.84 Å². The Morgan fingerprint density at radius 1 is 1.33 bits per heavy atom. The van der Waals surface area contributed by atoms with Crippen LogP contribution in [0.1, 0.15) is 23.1 Å². The second kappa shape index (κ2) is 5.43. The highest BCUT2D eigenvalue weighted by Gasteiger charge is 2.04. The molecule has 0 saturated heterocycles. The van der Waals surface area contributed by atoms with Gasteiger partial charge in [-0.3, -0.25) is 0 Å². The van der Waals surface area contributed by atoms with Gasteiger partial charge >= 0.3 is 0 Å². The number of rotatable bonds is 2. The lowest BCUT2D eigenvalue weighted by atomic mass is 10.0. The van der Waals surface area contributed by atoms with E-state index in [1.165, 1.54) is 0 Å². The number of benzene rings is 1. The maximum atomic E-state index is 8.65. The molecular weight excluding hydrogens is 188 g/mol. The number of aryl methyl sites for hydroxylation is 2. The Morgan fingerprint density at radius 2 is 2.07 bits per heavy atom. The molecular formula is C13H16O2. The van der Waals surface area contributed by atoms with Crippen LogP contribution in [0.2, 0.25) is 0 Å². The highest BCUT2D eigenvalue weighted by Crippen LogP contribution is 2.22. The third-order valence-electron chi connectivity index (χ3n) is 2.11. The summed E-state index contributed by atoms with van der Waals surface area (Å²) in [7, 11) is 1.64. The average Bonchev–Trinajstić information content (AvgIpc) is 2.20. The predicted molar refractivity (Wildman–Crippen MR) is 61.0 cm³/mol. The molecule has 0 amide bonds. The monoisotopic (exact) mass is 204 g/mol. The topological polar surface area (TPSA) is 29.5 Å². The number of hydrogen-bond acceptors (Lipinski definition) is 2. The van der Waals surface area contributed by atoms with Crippen molar-refractivity contribution < 1.29 is 9.84 Å². The number of methoxy groups -OCH3 is 1. The normalized spacial score (nSPS) is 9.33. The maximum absolute atomic E-state index is 8.65. The van der Waals surface area contributed by atoms with Gasteiger partial charge in [-0.05, 0) is 31.0 Å². The molecule has 0 radical (unpaired) electrons. The quantitative estimate of drug-likeness (QED) is 0.747. The fraction of sp³-hybridized carbons (Fsp3) is 0.385. The van der Waals surface area contributed by atoms with Crippen LogP contribution < -0.4 is 4.74 Å². The smallest absolute Gasteiger partial charge is 0.135 e. The number of hydrogen-bond donors (Lipinski definition) is 1. The summed E-state index contributed by atoms with van der Waals surface area (Å²) < 4.78 is 5.27. The maximum Gasteiger partial charge on any atom is 0.135 e. The first-order valence-corrected chi connectivity index (χ1v) is 4.94. The van der Waals surface area contributed by atoms with Gasteiger partial charge in [-0.2, -0.15) is 0 Å². The van der Waals surface area contributed by atoms with E-state index in [0.717, 1.165) is 22.4 Å². The van der Waals surface area contributed by atoms with E-state index in [9.17, 15) is 0 Å². The molecule has 2 nitrogen and oxygen atoms in total. The molecule has 0 fully saturated rings. The Hall–Kier alpha value is -1.46. The number of aliphatic hydroxyl groups excluding tert-OH is 1. The Balaban J connectivity index is 3.11. The molecule has 0 aliphatic carbocycles. The minimum atomic E-state index is 0.0974. The zero-order valence-corrected chi connectivity index (χ0v) is 9.42. The summed E-state index contributed by atoms with van der Waals surface area (Å²) in [5, 5.41) is 8.65. The average molecular weight is 204 g/mol. The molecule has 0 aliphatic rings. The van der Waals surface area contributed by atoms with Crippen LogP contribution >= 0.6 is 0 Å². The van der Waals surface area contributed by atoms with Crippen molar-refractivity contribution in [2.24, 2.45) is 0 Å². The Morgan fingerprint density at radius 3 is 2.67 bits per heavy atom. The largest absolute Gasteiger partial charge is 0.495 e. The molecule has 1 aromatic rings. The molecule has 2 heteroatoms. The molecule has 1 rings (SSSR count). The molecule has 0 unspecified atom stereocenters. The van der Waals surface area contributed by atoms with Gasteiger partial charge in [0.15, 0.2) is 0 Å². The summed E-state index contributed by atoms with van der Waals surface area (Å²) in [4.78, 5) is 0. The van der Waals surface area contributed by atoms with Gasteiger partial charge in [-0.1, -0.05) is 17.9 Å². The minimum Gasteiger partial charge on any atom is -0.495 e. The van der Waals surface area contributed by atoms with E-state index in [1.807, 2.05) is 19.9 Å². The van der Waals surface area contributed by atoms with E-state index < -0.39 is 0 Å². The van der Waals surface area contributed by atoms with Crippen LogP contribution in [0, 0.1) is 25.7 Å². The fourth-order valence-corrected chi connectivity index (χ4v) is 1.46. The third kappa shape index (κ3) is 3.00. The number of ether oxygens (including phenoxy) is 1. The van der Waals surface area contributed by atoms with Gasteiger partial charge in [0, 0.05) is 6.42 Å². The fourth-order valence-electron chi connectivity index (χ4n) is 1.46. The Labute approximate surface area is 90.9 Å². The first-order valence-electron chi connectivity index (χ1n) is 4.94. The summed E-state index contributed by atoms with van der Waals surface area (Å²) in [6.07, 6.45) is 0.496. The van der Waals surface area contributed by atoms with Gasteiger partial charge < -0.3 is 9.84 Å². The van der Waals surface area contributed by atoms with Gasteiger partial charge in [-0.15, -0.1) is 0 Å². The van der Waals surface area contributed by atoms with Crippen molar-refractivity contribution in [1.82, 2.24) is 0 Å². The minimum absolute atomic E-state index is 0.0974. The molecule has 0 aromatic heterocycles. The molecule has 15 heavy (non-hydrogen) atoms. The van der Waals surface area contributed by atoms with Gasteiger partial charge in [0.2, 0.25) is 0 Å². The van der Waals surface area contributed by atoms with E-state index >= 15 is 0 Å². The molecule has 1 N–H and O–H groups in total. The SMILES string of the molecule is COc1cc(C)cc(C)c1C#CCCO. The molecule has 0 spiro atoms. The lowest BCUT2D eigenvalue weighted by Crippen LogP contribution is -1.92. The summed E-state index contributed by atoms with van der Waals surface area (Å²) in [6.45, 7) is 4.14. The number of aliphatic hydroxyl groups is 1. The summed E-state index contributed by atoms with van der Waals surface area (Å²) in [5.74, 6) is 6.74. The zero-order chi connectivity index (χ0) is 11.3. The second-order valence-electron chi connectivity index (χ2n) is 3.43. The van der Waals surface area contributed by atoms with Gasteiger partial charge in [-0.25, -0.2) is 0 Å². The molecule has 1 aromatic carbocycles. The van der Waals surface area contributed by atoms with E-state index in [0.29, 0.717) is 6.42 Å². The van der Waals surface area contributed by atoms with E-state index in [2.05, 4.69) is 17.9 Å². The van der Waals surface area contributed by atoms with Gasteiger partial charge in [0.25, 0.3) is 0 Å². The van der Waals surface area contributed by atoms with Crippen LogP contribution in [-0.4, -0.2) is 18.8 Å².